The van der Waals surface area contributed by atoms with Gasteiger partial charge < -0.3 is 5.32 Å². The molecule has 0 aliphatic carbocycles. The van der Waals surface area contributed by atoms with Gasteiger partial charge in [0.25, 0.3) is 5.91 Å². The lowest BCUT2D eigenvalue weighted by molar-refractivity contribution is 0.101. The van der Waals surface area contributed by atoms with E-state index >= 15 is 0 Å². The number of imidazole rings is 1. The summed E-state index contributed by atoms with van der Waals surface area (Å²) in [6.45, 7) is 1.41. The molecule has 1 saturated heterocycles. The van der Waals surface area contributed by atoms with Crippen molar-refractivity contribution in [3.8, 4) is 0 Å². The van der Waals surface area contributed by atoms with Crippen LogP contribution in [-0.2, 0) is 16.4 Å². The number of rotatable bonds is 4. The summed E-state index contributed by atoms with van der Waals surface area (Å²) < 4.78 is 25.0. The normalized spacial score (nSPS) is 16.9. The number of carbonyl (C=O) groups excluding carboxylic acids is 1. The monoisotopic (exact) mass is 419 g/mol. The third kappa shape index (κ3) is 4.01. The summed E-state index contributed by atoms with van der Waals surface area (Å²) in [4.78, 5) is 23.4. The van der Waals surface area contributed by atoms with E-state index in [1.54, 1.807) is 22.7 Å². The molecule has 1 fully saturated rings. The maximum Gasteiger partial charge on any atom is 0.293 e. The lowest BCUT2D eigenvalue weighted by Gasteiger charge is -2.25. The van der Waals surface area contributed by atoms with Gasteiger partial charge in [0, 0.05) is 32.0 Å². The van der Waals surface area contributed by atoms with Crippen molar-refractivity contribution in [1.82, 2.24) is 19.3 Å². The van der Waals surface area contributed by atoms with Crippen molar-refractivity contribution in [3.63, 3.8) is 0 Å². The van der Waals surface area contributed by atoms with Crippen molar-refractivity contribution in [2.45, 2.75) is 6.54 Å². The molecular formula is C18H18ClN5O3S. The number of aromatic nitrogens is 3. The van der Waals surface area contributed by atoms with Gasteiger partial charge in [0.1, 0.15) is 5.82 Å². The van der Waals surface area contributed by atoms with E-state index in [-0.39, 0.29) is 23.2 Å². The van der Waals surface area contributed by atoms with Gasteiger partial charge in [-0.1, -0.05) is 17.7 Å². The van der Waals surface area contributed by atoms with Crippen LogP contribution in [-0.4, -0.2) is 58.2 Å². The summed E-state index contributed by atoms with van der Waals surface area (Å²) in [6, 6.07) is 8.85. The molecule has 1 aliphatic heterocycles. The predicted molar refractivity (Wildman–Crippen MR) is 106 cm³/mol. The van der Waals surface area contributed by atoms with Crippen LogP contribution in [0.5, 0.6) is 0 Å². The third-order valence-electron chi connectivity index (χ3n) is 4.61. The van der Waals surface area contributed by atoms with Crippen molar-refractivity contribution in [2.24, 2.45) is 0 Å². The van der Waals surface area contributed by atoms with E-state index in [1.807, 2.05) is 23.1 Å². The number of pyridine rings is 2. The Labute approximate surface area is 167 Å². The Hall–Kier alpha value is -2.49. The smallest absolute Gasteiger partial charge is 0.293 e. The number of hydrogen-bond acceptors (Lipinski definition) is 6. The molecule has 1 amide bonds. The van der Waals surface area contributed by atoms with Crippen LogP contribution >= 0.6 is 11.6 Å². The second-order valence-electron chi connectivity index (χ2n) is 6.58. The molecule has 146 valence electrons. The molecule has 3 aromatic heterocycles. The van der Waals surface area contributed by atoms with Gasteiger partial charge in [-0.2, -0.15) is 0 Å². The SMILES string of the molecule is O=C(Nc1ccc(Cl)cn1)c1nc(CN2CCS(=O)(=O)CC2)c2ccccn12. The highest BCUT2D eigenvalue weighted by Gasteiger charge is 2.24. The molecule has 0 saturated carbocycles. The molecule has 0 unspecified atom stereocenters. The molecule has 28 heavy (non-hydrogen) atoms. The average Bonchev–Trinajstić information content (AvgIpc) is 3.04. The summed E-state index contributed by atoms with van der Waals surface area (Å²) in [5, 5.41) is 3.20. The average molecular weight is 420 g/mol. The molecular weight excluding hydrogens is 402 g/mol. The van der Waals surface area contributed by atoms with E-state index in [1.165, 1.54) is 6.20 Å². The van der Waals surface area contributed by atoms with Gasteiger partial charge in [-0.05, 0) is 24.3 Å². The van der Waals surface area contributed by atoms with Crippen LogP contribution in [0.1, 0.15) is 16.3 Å². The first-order valence-corrected chi connectivity index (χ1v) is 10.9. The van der Waals surface area contributed by atoms with Crippen LogP contribution in [0, 0.1) is 0 Å². The minimum absolute atomic E-state index is 0.147. The fourth-order valence-corrected chi connectivity index (χ4v) is 4.51. The molecule has 4 rings (SSSR count). The van der Waals surface area contributed by atoms with Gasteiger partial charge in [0.2, 0.25) is 5.82 Å². The number of sulfone groups is 1. The molecule has 8 nitrogen and oxygen atoms in total. The van der Waals surface area contributed by atoms with E-state index in [4.69, 9.17) is 11.6 Å². The summed E-state index contributed by atoms with van der Waals surface area (Å²) >= 11 is 5.82. The van der Waals surface area contributed by atoms with Crippen LogP contribution in [0.15, 0.2) is 42.7 Å². The number of nitrogens with zero attached hydrogens (tertiary/aromatic N) is 4. The first-order chi connectivity index (χ1) is 13.4. The lowest BCUT2D eigenvalue weighted by Crippen LogP contribution is -2.39. The first kappa shape index (κ1) is 18.9. The quantitative estimate of drug-likeness (QED) is 0.693. The summed E-state index contributed by atoms with van der Waals surface area (Å²) in [7, 11) is -2.94. The van der Waals surface area contributed by atoms with Crippen LogP contribution in [0.25, 0.3) is 5.52 Å². The number of hydrogen-bond donors (Lipinski definition) is 1. The molecule has 0 atom stereocenters. The maximum absolute atomic E-state index is 12.7. The fraction of sp³-hybridized carbons (Fsp3) is 0.278. The topological polar surface area (TPSA) is 96.7 Å². The molecule has 1 N–H and O–H groups in total. The van der Waals surface area contributed by atoms with E-state index < -0.39 is 9.84 Å². The maximum atomic E-state index is 12.7. The number of nitrogens with one attached hydrogen (secondary N) is 1. The lowest BCUT2D eigenvalue weighted by atomic mass is 10.3. The number of carbonyl (C=O) groups is 1. The Morgan fingerprint density at radius 1 is 1.18 bits per heavy atom. The van der Waals surface area contributed by atoms with Gasteiger partial charge in [0.15, 0.2) is 9.84 Å². The van der Waals surface area contributed by atoms with E-state index in [0.717, 1.165) is 11.2 Å². The second kappa shape index (κ2) is 7.50. The zero-order chi connectivity index (χ0) is 19.7. The van der Waals surface area contributed by atoms with E-state index in [2.05, 4.69) is 15.3 Å². The predicted octanol–water partition coefficient (Wildman–Crippen LogP) is 1.87. The van der Waals surface area contributed by atoms with Crippen LogP contribution < -0.4 is 5.32 Å². The Morgan fingerprint density at radius 3 is 2.68 bits per heavy atom. The molecule has 4 heterocycles. The third-order valence-corrected chi connectivity index (χ3v) is 6.44. The van der Waals surface area contributed by atoms with Gasteiger partial charge in [-0.3, -0.25) is 14.1 Å². The molecule has 0 radical (unpaired) electrons. The van der Waals surface area contributed by atoms with E-state index in [0.29, 0.717) is 30.5 Å². The van der Waals surface area contributed by atoms with Crippen LogP contribution in [0.3, 0.4) is 0 Å². The van der Waals surface area contributed by atoms with Gasteiger partial charge in [-0.15, -0.1) is 0 Å². The molecule has 10 heteroatoms. The summed E-state index contributed by atoms with van der Waals surface area (Å²) in [6.07, 6.45) is 3.23. The first-order valence-electron chi connectivity index (χ1n) is 8.73. The summed E-state index contributed by atoms with van der Waals surface area (Å²) in [5.41, 5.74) is 1.54. The molecule has 3 aromatic rings. The zero-order valence-corrected chi connectivity index (χ0v) is 16.4. The number of anilines is 1. The van der Waals surface area contributed by atoms with Crippen LogP contribution in [0.2, 0.25) is 5.02 Å². The van der Waals surface area contributed by atoms with Gasteiger partial charge >= 0.3 is 0 Å². The van der Waals surface area contributed by atoms with Crippen molar-refractivity contribution < 1.29 is 13.2 Å². The van der Waals surface area contributed by atoms with Crippen molar-refractivity contribution in [2.75, 3.05) is 29.9 Å². The Bertz CT molecular complexity index is 1110. The van der Waals surface area contributed by atoms with Crippen molar-refractivity contribution >= 4 is 38.7 Å². The highest BCUT2D eigenvalue weighted by molar-refractivity contribution is 7.91. The number of fused-ring (bicyclic) bond motifs is 1. The standard InChI is InChI=1S/C18H18ClN5O3S/c19-13-4-5-16(20-11-13)22-18(25)17-21-14(15-3-1-2-6-24(15)17)12-23-7-9-28(26,27)10-8-23/h1-6,11H,7-10,12H2,(H,20,22,25). The Morgan fingerprint density at radius 2 is 1.96 bits per heavy atom. The van der Waals surface area contributed by atoms with Crippen molar-refractivity contribution in [3.05, 3.63) is 59.3 Å². The molecule has 0 spiro atoms. The van der Waals surface area contributed by atoms with Gasteiger partial charge in [0.05, 0.1) is 27.7 Å². The minimum atomic E-state index is -2.94. The number of halogens is 1. The summed E-state index contributed by atoms with van der Waals surface area (Å²) in [5.74, 6) is 0.531. The Kier molecular flexibility index (Phi) is 5.05. The highest BCUT2D eigenvalue weighted by Crippen LogP contribution is 2.18. The zero-order valence-electron chi connectivity index (χ0n) is 14.9. The fourth-order valence-electron chi connectivity index (χ4n) is 3.12. The Balaban J connectivity index is 1.59. The molecule has 0 aromatic carbocycles. The highest BCUT2D eigenvalue weighted by atomic mass is 35.5. The van der Waals surface area contributed by atoms with E-state index in [9.17, 15) is 13.2 Å². The van der Waals surface area contributed by atoms with Crippen LogP contribution in [0.4, 0.5) is 5.82 Å². The largest absolute Gasteiger partial charge is 0.304 e. The second-order valence-corrected chi connectivity index (χ2v) is 9.32. The number of amides is 1. The molecule has 1 aliphatic rings. The van der Waals surface area contributed by atoms with Gasteiger partial charge in [-0.25, -0.2) is 18.4 Å². The molecule has 0 bridgehead atoms. The minimum Gasteiger partial charge on any atom is -0.304 e. The van der Waals surface area contributed by atoms with Crippen molar-refractivity contribution in [1.29, 1.82) is 0 Å².